The fourth-order valence-electron chi connectivity index (χ4n) is 3.35. The second-order valence-electron chi connectivity index (χ2n) is 6.74. The van der Waals surface area contributed by atoms with Crippen molar-refractivity contribution in [2.45, 2.75) is 57.3 Å². The molecule has 0 radical (unpaired) electrons. The molecule has 1 aliphatic heterocycles. The van der Waals surface area contributed by atoms with Crippen molar-refractivity contribution in [2.24, 2.45) is 0 Å². The summed E-state index contributed by atoms with van der Waals surface area (Å²) in [6, 6.07) is 3.67. The van der Waals surface area contributed by atoms with Crippen LogP contribution < -0.4 is 15.2 Å². The van der Waals surface area contributed by atoms with Crippen LogP contribution in [0.1, 0.15) is 50.9 Å². The highest BCUT2D eigenvalue weighted by Crippen LogP contribution is 2.38. The molecule has 1 heterocycles. The summed E-state index contributed by atoms with van der Waals surface area (Å²) in [7, 11) is 1.58. The van der Waals surface area contributed by atoms with Gasteiger partial charge in [0.15, 0.2) is 11.5 Å². The van der Waals surface area contributed by atoms with Crippen LogP contribution >= 0.6 is 23.5 Å². The first kappa shape index (κ1) is 22.1. The summed E-state index contributed by atoms with van der Waals surface area (Å²) >= 11 is 3.86. The summed E-state index contributed by atoms with van der Waals surface area (Å²) < 4.78 is 11.6. The highest BCUT2D eigenvalue weighted by molar-refractivity contribution is 8.17. The van der Waals surface area contributed by atoms with Gasteiger partial charge in [-0.3, -0.25) is 4.79 Å². The maximum Gasteiger partial charge on any atom is 0.256 e. The van der Waals surface area contributed by atoms with E-state index in [1.54, 1.807) is 19.2 Å². The minimum Gasteiger partial charge on any atom is -0.493 e. The molecular weight excluding hydrogens is 380 g/mol. The van der Waals surface area contributed by atoms with Gasteiger partial charge >= 0.3 is 0 Å². The summed E-state index contributed by atoms with van der Waals surface area (Å²) in [6.45, 7) is 9.01. The van der Waals surface area contributed by atoms with Gasteiger partial charge in [0, 0.05) is 18.3 Å². The van der Waals surface area contributed by atoms with Crippen molar-refractivity contribution in [2.75, 3.05) is 30.9 Å². The van der Waals surface area contributed by atoms with Crippen LogP contribution in [0.4, 0.5) is 5.69 Å². The van der Waals surface area contributed by atoms with Crippen LogP contribution in [0.5, 0.6) is 11.5 Å². The third kappa shape index (κ3) is 5.41. The number of benzene rings is 1. The molecule has 0 aliphatic carbocycles. The summed E-state index contributed by atoms with van der Waals surface area (Å²) in [5.74, 6) is 3.20. The van der Waals surface area contributed by atoms with Crippen molar-refractivity contribution in [3.63, 3.8) is 0 Å². The maximum absolute atomic E-state index is 13.3. The molecule has 2 N–H and O–H groups in total. The standard InChI is InChI=1S/C20H32N2O3S2/c1-6-26-20(27-7-2)16-9-8-10-22(16)19(23)14-11-17(24-5)18(12-15(14)21)25-13(3)4/h11-13,16,20H,6-10,21H2,1-5H3/t16-/m0/s1. The van der Waals surface area contributed by atoms with Crippen LogP contribution in [0, 0.1) is 0 Å². The lowest BCUT2D eigenvalue weighted by Crippen LogP contribution is -2.41. The molecule has 0 spiro atoms. The number of carbonyl (C=O) groups is 1. The lowest BCUT2D eigenvalue weighted by molar-refractivity contribution is 0.0746. The van der Waals surface area contributed by atoms with Crippen molar-refractivity contribution in [3.8, 4) is 11.5 Å². The SMILES string of the molecule is CCSC(SCC)[C@@H]1CCCN1C(=O)c1cc(OC)c(OC(C)C)cc1N. The smallest absolute Gasteiger partial charge is 0.256 e. The normalized spacial score (nSPS) is 17.0. The van der Waals surface area contributed by atoms with E-state index in [9.17, 15) is 4.79 Å². The Morgan fingerprint density at radius 1 is 1.26 bits per heavy atom. The summed E-state index contributed by atoms with van der Waals surface area (Å²) in [5.41, 5.74) is 7.17. The second-order valence-corrected chi connectivity index (χ2v) is 9.88. The molecule has 1 amide bonds. The highest BCUT2D eigenvalue weighted by Gasteiger charge is 2.36. The van der Waals surface area contributed by atoms with Gasteiger partial charge in [-0.15, -0.1) is 23.5 Å². The number of methoxy groups -OCH3 is 1. The van der Waals surface area contributed by atoms with Crippen LogP contribution in [0.15, 0.2) is 12.1 Å². The average Bonchev–Trinajstić information content (AvgIpc) is 3.10. The van der Waals surface area contributed by atoms with Gasteiger partial charge in [0.25, 0.3) is 5.91 Å². The van der Waals surface area contributed by atoms with Crippen LogP contribution in [0.2, 0.25) is 0 Å². The predicted molar refractivity (Wildman–Crippen MR) is 117 cm³/mol. The number of amides is 1. The molecule has 1 atom stereocenters. The van der Waals surface area contributed by atoms with Crippen molar-refractivity contribution < 1.29 is 14.3 Å². The van der Waals surface area contributed by atoms with Gasteiger partial charge in [-0.2, -0.15) is 0 Å². The van der Waals surface area contributed by atoms with Crippen molar-refractivity contribution in [1.29, 1.82) is 0 Å². The Labute approximate surface area is 171 Å². The Hall–Kier alpha value is -1.21. The molecule has 1 fully saturated rings. The number of anilines is 1. The molecular formula is C20H32N2O3S2. The van der Waals surface area contributed by atoms with E-state index in [2.05, 4.69) is 13.8 Å². The Balaban J connectivity index is 2.29. The Morgan fingerprint density at radius 2 is 1.93 bits per heavy atom. The molecule has 1 saturated heterocycles. The molecule has 27 heavy (non-hydrogen) atoms. The number of carbonyl (C=O) groups excluding carboxylic acids is 1. The van der Waals surface area contributed by atoms with Gasteiger partial charge in [0.05, 0.1) is 29.4 Å². The third-order valence-electron chi connectivity index (χ3n) is 4.47. The molecule has 0 unspecified atom stereocenters. The third-order valence-corrected chi connectivity index (χ3v) is 7.23. The minimum atomic E-state index is -0.0113. The minimum absolute atomic E-state index is 0.000657. The molecule has 1 aromatic carbocycles. The van der Waals surface area contributed by atoms with Gasteiger partial charge in [-0.25, -0.2) is 0 Å². The quantitative estimate of drug-likeness (QED) is 0.476. The average molecular weight is 413 g/mol. The largest absolute Gasteiger partial charge is 0.493 e. The number of rotatable bonds is 9. The van der Waals surface area contributed by atoms with Crippen LogP contribution in [0.3, 0.4) is 0 Å². The monoisotopic (exact) mass is 412 g/mol. The van der Waals surface area contributed by atoms with E-state index < -0.39 is 0 Å². The van der Waals surface area contributed by atoms with Crippen LogP contribution in [-0.2, 0) is 0 Å². The van der Waals surface area contributed by atoms with Gasteiger partial charge < -0.3 is 20.1 Å². The number of likely N-dealkylation sites (tertiary alicyclic amines) is 1. The summed E-state index contributed by atoms with van der Waals surface area (Å²) in [5, 5.41) is 0. The number of ether oxygens (including phenoxy) is 2. The van der Waals surface area contributed by atoms with Crippen molar-refractivity contribution in [1.82, 2.24) is 4.90 Å². The Kier molecular flexibility index (Phi) is 8.48. The first-order chi connectivity index (χ1) is 12.9. The number of nitrogen functional groups attached to an aromatic ring is 1. The lowest BCUT2D eigenvalue weighted by Gasteiger charge is -2.31. The van der Waals surface area contributed by atoms with E-state index in [0.29, 0.717) is 27.3 Å². The second kappa shape index (κ2) is 10.4. The van der Waals surface area contributed by atoms with E-state index >= 15 is 0 Å². The predicted octanol–water partition coefficient (Wildman–Crippen LogP) is 4.50. The van der Waals surface area contributed by atoms with Crippen LogP contribution in [-0.4, -0.2) is 52.7 Å². The Bertz CT molecular complexity index is 634. The van der Waals surface area contributed by atoms with Crippen molar-refractivity contribution in [3.05, 3.63) is 17.7 Å². The first-order valence-electron chi connectivity index (χ1n) is 9.61. The summed E-state index contributed by atoms with van der Waals surface area (Å²) in [6.07, 6.45) is 2.08. The number of nitrogens with two attached hydrogens (primary N) is 1. The van der Waals surface area contributed by atoms with E-state index in [0.717, 1.165) is 30.9 Å². The first-order valence-corrected chi connectivity index (χ1v) is 11.7. The molecule has 2 rings (SSSR count). The molecule has 0 bridgehead atoms. The molecule has 1 aliphatic rings. The molecule has 0 saturated carbocycles. The van der Waals surface area contributed by atoms with E-state index in [-0.39, 0.29) is 18.1 Å². The number of thioether (sulfide) groups is 2. The number of hydrogen-bond acceptors (Lipinski definition) is 6. The molecule has 7 heteroatoms. The zero-order chi connectivity index (χ0) is 20.0. The maximum atomic E-state index is 13.3. The van der Waals surface area contributed by atoms with E-state index in [1.165, 1.54) is 0 Å². The number of hydrogen-bond donors (Lipinski definition) is 1. The summed E-state index contributed by atoms with van der Waals surface area (Å²) in [4.78, 5) is 15.3. The highest BCUT2D eigenvalue weighted by atomic mass is 32.2. The van der Waals surface area contributed by atoms with Gasteiger partial charge in [0.2, 0.25) is 0 Å². The number of nitrogens with zero attached hydrogens (tertiary/aromatic N) is 1. The molecule has 0 aromatic heterocycles. The van der Waals surface area contributed by atoms with E-state index in [1.807, 2.05) is 42.3 Å². The molecule has 152 valence electrons. The lowest BCUT2D eigenvalue weighted by atomic mass is 10.1. The molecule has 5 nitrogen and oxygen atoms in total. The van der Waals surface area contributed by atoms with Gasteiger partial charge in [-0.05, 0) is 44.3 Å². The molecule has 1 aromatic rings. The van der Waals surface area contributed by atoms with Gasteiger partial charge in [-0.1, -0.05) is 13.8 Å². The fraction of sp³-hybridized carbons (Fsp3) is 0.650. The zero-order valence-electron chi connectivity index (χ0n) is 17.0. The fourth-order valence-corrected chi connectivity index (χ4v) is 6.22. The Morgan fingerprint density at radius 3 is 2.48 bits per heavy atom. The van der Waals surface area contributed by atoms with E-state index in [4.69, 9.17) is 15.2 Å². The van der Waals surface area contributed by atoms with Crippen molar-refractivity contribution >= 4 is 35.1 Å². The topological polar surface area (TPSA) is 64.8 Å². The zero-order valence-corrected chi connectivity index (χ0v) is 18.6. The van der Waals surface area contributed by atoms with Crippen LogP contribution in [0.25, 0.3) is 0 Å². The van der Waals surface area contributed by atoms with Gasteiger partial charge in [0.1, 0.15) is 0 Å².